The molecule has 1 unspecified atom stereocenters. The maximum Gasteiger partial charge on any atom is 0.311 e. The molecule has 0 saturated carbocycles. The fraction of sp³-hybridized carbons (Fsp3) is 0.364. The van der Waals surface area contributed by atoms with Crippen LogP contribution in [0.15, 0.2) is 22.7 Å². The van der Waals surface area contributed by atoms with Crippen LogP contribution in [0.3, 0.4) is 0 Å². The molecule has 82 valence electrons. The van der Waals surface area contributed by atoms with E-state index in [1.165, 1.54) is 0 Å². The zero-order valence-corrected chi connectivity index (χ0v) is 10.2. The van der Waals surface area contributed by atoms with Crippen LogP contribution in [0, 0.1) is 0 Å². The van der Waals surface area contributed by atoms with Crippen molar-refractivity contribution in [2.75, 3.05) is 7.11 Å². The van der Waals surface area contributed by atoms with Gasteiger partial charge in [0.15, 0.2) is 0 Å². The molecule has 0 radical (unpaired) electrons. The lowest BCUT2D eigenvalue weighted by Crippen LogP contribution is -2.12. The number of carboxylic acids is 1. The summed E-state index contributed by atoms with van der Waals surface area (Å²) < 4.78 is 5.94. The summed E-state index contributed by atoms with van der Waals surface area (Å²) in [5.41, 5.74) is 0.704. The molecule has 1 atom stereocenters. The Balaban J connectivity index is 3.26. The van der Waals surface area contributed by atoms with Crippen molar-refractivity contribution in [3.05, 3.63) is 28.2 Å². The Morgan fingerprint density at radius 2 is 2.27 bits per heavy atom. The number of carboxylic acid groups (broad SMARTS) is 1. The summed E-state index contributed by atoms with van der Waals surface area (Å²) in [6.45, 7) is 1.84. The highest BCUT2D eigenvalue weighted by atomic mass is 79.9. The van der Waals surface area contributed by atoms with Crippen molar-refractivity contribution >= 4 is 21.9 Å². The van der Waals surface area contributed by atoms with Crippen molar-refractivity contribution < 1.29 is 14.6 Å². The Hall–Kier alpha value is -1.03. The van der Waals surface area contributed by atoms with Gasteiger partial charge in [0, 0.05) is 10.0 Å². The molecule has 0 fully saturated rings. The van der Waals surface area contributed by atoms with E-state index in [9.17, 15) is 4.79 Å². The predicted octanol–water partition coefficient (Wildman–Crippen LogP) is 3.04. The zero-order valence-electron chi connectivity index (χ0n) is 8.66. The third kappa shape index (κ3) is 2.50. The summed E-state index contributed by atoms with van der Waals surface area (Å²) in [6.07, 6.45) is 0.536. The van der Waals surface area contributed by atoms with Gasteiger partial charge in [-0.15, -0.1) is 0 Å². The lowest BCUT2D eigenvalue weighted by Gasteiger charge is -2.16. The van der Waals surface area contributed by atoms with Crippen LogP contribution in [0.1, 0.15) is 24.8 Å². The van der Waals surface area contributed by atoms with Crippen molar-refractivity contribution in [1.29, 1.82) is 0 Å². The largest absolute Gasteiger partial charge is 0.496 e. The van der Waals surface area contributed by atoms with Gasteiger partial charge in [-0.2, -0.15) is 0 Å². The fourth-order valence-corrected chi connectivity index (χ4v) is 2.16. The summed E-state index contributed by atoms with van der Waals surface area (Å²) in [6, 6.07) is 5.41. The maximum atomic E-state index is 11.1. The minimum atomic E-state index is -0.831. The Morgan fingerprint density at radius 3 is 2.73 bits per heavy atom. The molecule has 0 aliphatic heterocycles. The number of methoxy groups -OCH3 is 1. The van der Waals surface area contributed by atoms with Crippen molar-refractivity contribution in [2.45, 2.75) is 19.3 Å². The molecule has 0 heterocycles. The van der Waals surface area contributed by atoms with E-state index >= 15 is 0 Å². The SMILES string of the molecule is CCC(C(=O)O)c1c(Br)cccc1OC. The molecule has 1 N–H and O–H groups in total. The van der Waals surface area contributed by atoms with Gasteiger partial charge in [-0.1, -0.05) is 28.9 Å². The summed E-state index contributed by atoms with van der Waals surface area (Å²) in [4.78, 5) is 11.1. The molecule has 0 saturated heterocycles. The standard InChI is InChI=1S/C11H13BrO3/c1-3-7(11(13)14)10-8(12)5-4-6-9(10)15-2/h4-7H,3H2,1-2H3,(H,13,14). The maximum absolute atomic E-state index is 11.1. The first kappa shape index (κ1) is 12.0. The number of benzene rings is 1. The van der Waals surface area contributed by atoms with Crippen LogP contribution in [-0.4, -0.2) is 18.2 Å². The number of rotatable bonds is 4. The van der Waals surface area contributed by atoms with E-state index in [0.717, 1.165) is 4.47 Å². The summed E-state index contributed by atoms with van der Waals surface area (Å²) in [5, 5.41) is 9.09. The quantitative estimate of drug-likeness (QED) is 0.917. The first-order valence-electron chi connectivity index (χ1n) is 4.67. The van der Waals surface area contributed by atoms with E-state index in [4.69, 9.17) is 9.84 Å². The normalized spacial score (nSPS) is 12.2. The third-order valence-electron chi connectivity index (χ3n) is 2.29. The Bertz CT molecular complexity index is 363. The number of hydrogen-bond donors (Lipinski definition) is 1. The average Bonchev–Trinajstić information content (AvgIpc) is 2.21. The highest BCUT2D eigenvalue weighted by Crippen LogP contribution is 2.35. The lowest BCUT2D eigenvalue weighted by molar-refractivity contribution is -0.138. The second-order valence-electron chi connectivity index (χ2n) is 3.15. The number of aliphatic carboxylic acids is 1. The van der Waals surface area contributed by atoms with Crippen molar-refractivity contribution in [1.82, 2.24) is 0 Å². The van der Waals surface area contributed by atoms with Crippen LogP contribution < -0.4 is 4.74 Å². The molecule has 3 nitrogen and oxygen atoms in total. The van der Waals surface area contributed by atoms with E-state index in [0.29, 0.717) is 17.7 Å². The molecule has 0 amide bonds. The Labute approximate surface area is 97.2 Å². The van der Waals surface area contributed by atoms with Crippen LogP contribution in [0.5, 0.6) is 5.75 Å². The molecule has 4 heteroatoms. The lowest BCUT2D eigenvalue weighted by atomic mass is 9.96. The van der Waals surface area contributed by atoms with Gasteiger partial charge in [-0.25, -0.2) is 0 Å². The molecular weight excluding hydrogens is 260 g/mol. The minimum absolute atomic E-state index is 0.532. The van der Waals surface area contributed by atoms with Crippen molar-refractivity contribution in [3.63, 3.8) is 0 Å². The molecule has 1 rings (SSSR count). The molecule has 1 aromatic carbocycles. The monoisotopic (exact) mass is 272 g/mol. The molecule has 0 aromatic heterocycles. The van der Waals surface area contributed by atoms with Gasteiger partial charge < -0.3 is 9.84 Å². The molecule has 0 aliphatic rings. The summed E-state index contributed by atoms with van der Waals surface area (Å²) in [7, 11) is 1.54. The minimum Gasteiger partial charge on any atom is -0.496 e. The van der Waals surface area contributed by atoms with E-state index in [2.05, 4.69) is 15.9 Å². The van der Waals surface area contributed by atoms with Gasteiger partial charge in [0.25, 0.3) is 0 Å². The van der Waals surface area contributed by atoms with Crippen LogP contribution in [0.25, 0.3) is 0 Å². The predicted molar refractivity (Wildman–Crippen MR) is 61.4 cm³/mol. The topological polar surface area (TPSA) is 46.5 Å². The van der Waals surface area contributed by atoms with Gasteiger partial charge >= 0.3 is 5.97 Å². The van der Waals surface area contributed by atoms with E-state index in [1.54, 1.807) is 13.2 Å². The molecule has 15 heavy (non-hydrogen) atoms. The van der Waals surface area contributed by atoms with Gasteiger partial charge in [0.05, 0.1) is 13.0 Å². The fourth-order valence-electron chi connectivity index (χ4n) is 1.54. The molecule has 0 bridgehead atoms. The highest BCUT2D eigenvalue weighted by molar-refractivity contribution is 9.10. The van der Waals surface area contributed by atoms with Crippen LogP contribution in [0.2, 0.25) is 0 Å². The highest BCUT2D eigenvalue weighted by Gasteiger charge is 2.23. The summed E-state index contributed by atoms with van der Waals surface area (Å²) >= 11 is 3.35. The molecule has 1 aromatic rings. The number of hydrogen-bond acceptors (Lipinski definition) is 2. The van der Waals surface area contributed by atoms with Crippen LogP contribution >= 0.6 is 15.9 Å². The Morgan fingerprint density at radius 1 is 1.60 bits per heavy atom. The van der Waals surface area contributed by atoms with E-state index in [-0.39, 0.29) is 0 Å². The first-order valence-corrected chi connectivity index (χ1v) is 5.46. The van der Waals surface area contributed by atoms with Gasteiger partial charge in [0.1, 0.15) is 5.75 Å². The first-order chi connectivity index (χ1) is 7.11. The molecule has 0 spiro atoms. The average molecular weight is 273 g/mol. The smallest absolute Gasteiger partial charge is 0.311 e. The number of carbonyl (C=O) groups is 1. The van der Waals surface area contributed by atoms with E-state index < -0.39 is 11.9 Å². The second-order valence-corrected chi connectivity index (χ2v) is 4.01. The van der Waals surface area contributed by atoms with E-state index in [1.807, 2.05) is 19.1 Å². The van der Waals surface area contributed by atoms with Gasteiger partial charge in [-0.3, -0.25) is 4.79 Å². The number of halogens is 1. The zero-order chi connectivity index (χ0) is 11.4. The second kappa shape index (κ2) is 5.16. The Kier molecular flexibility index (Phi) is 4.15. The molecule has 0 aliphatic carbocycles. The van der Waals surface area contributed by atoms with Crippen molar-refractivity contribution in [2.24, 2.45) is 0 Å². The van der Waals surface area contributed by atoms with Gasteiger partial charge in [-0.05, 0) is 18.6 Å². The molecular formula is C11H13BrO3. The van der Waals surface area contributed by atoms with Crippen molar-refractivity contribution in [3.8, 4) is 5.75 Å². The summed E-state index contributed by atoms with van der Waals surface area (Å²) in [5.74, 6) is -0.753. The van der Waals surface area contributed by atoms with Crippen LogP contribution in [-0.2, 0) is 4.79 Å². The van der Waals surface area contributed by atoms with Crippen LogP contribution in [0.4, 0.5) is 0 Å². The number of ether oxygens (including phenoxy) is 1. The van der Waals surface area contributed by atoms with Gasteiger partial charge in [0.2, 0.25) is 0 Å². The third-order valence-corrected chi connectivity index (χ3v) is 2.98.